The van der Waals surface area contributed by atoms with Crippen molar-refractivity contribution in [1.29, 1.82) is 0 Å². The molecule has 0 spiro atoms. The van der Waals surface area contributed by atoms with Gasteiger partial charge in [0, 0.05) is 6.54 Å². The molecule has 18 heavy (non-hydrogen) atoms. The SMILES string of the molecule is NCc1cc(CO)nc(OC(F)(F)F)c1C(F)F. The molecular weight excluding hydrogens is 263 g/mol. The molecule has 102 valence electrons. The van der Waals surface area contributed by atoms with Gasteiger partial charge >= 0.3 is 6.36 Å². The first-order chi connectivity index (χ1) is 8.28. The summed E-state index contributed by atoms with van der Waals surface area (Å²) in [6.45, 7) is -1.14. The molecule has 1 aromatic rings. The third-order valence-corrected chi connectivity index (χ3v) is 1.97. The summed E-state index contributed by atoms with van der Waals surface area (Å²) < 4.78 is 64.9. The fourth-order valence-corrected chi connectivity index (χ4v) is 1.31. The minimum absolute atomic E-state index is 0.237. The van der Waals surface area contributed by atoms with Crippen LogP contribution in [0.3, 0.4) is 0 Å². The van der Waals surface area contributed by atoms with Crippen LogP contribution >= 0.6 is 0 Å². The van der Waals surface area contributed by atoms with Gasteiger partial charge in [0.25, 0.3) is 6.43 Å². The zero-order valence-electron chi connectivity index (χ0n) is 8.84. The quantitative estimate of drug-likeness (QED) is 0.821. The van der Waals surface area contributed by atoms with E-state index in [9.17, 15) is 22.0 Å². The lowest BCUT2D eigenvalue weighted by Crippen LogP contribution is -2.20. The van der Waals surface area contributed by atoms with Crippen molar-refractivity contribution in [2.75, 3.05) is 0 Å². The Bertz CT molecular complexity index is 422. The van der Waals surface area contributed by atoms with Crippen LogP contribution < -0.4 is 10.5 Å². The second-order valence-electron chi connectivity index (χ2n) is 3.20. The summed E-state index contributed by atoms with van der Waals surface area (Å²) in [5.41, 5.74) is 3.65. The maximum Gasteiger partial charge on any atom is 0.574 e. The van der Waals surface area contributed by atoms with Gasteiger partial charge in [-0.3, -0.25) is 0 Å². The molecule has 1 rings (SSSR count). The van der Waals surface area contributed by atoms with Gasteiger partial charge in [0.15, 0.2) is 0 Å². The second kappa shape index (κ2) is 5.44. The molecule has 0 atom stereocenters. The van der Waals surface area contributed by atoms with E-state index in [2.05, 4.69) is 9.72 Å². The van der Waals surface area contributed by atoms with Crippen LogP contribution in [0, 0.1) is 0 Å². The number of alkyl halides is 5. The van der Waals surface area contributed by atoms with Gasteiger partial charge in [-0.25, -0.2) is 13.8 Å². The molecule has 9 heteroatoms. The smallest absolute Gasteiger partial charge is 0.390 e. The fourth-order valence-electron chi connectivity index (χ4n) is 1.31. The molecule has 0 saturated carbocycles. The molecule has 0 aromatic carbocycles. The Morgan fingerprint density at radius 1 is 1.39 bits per heavy atom. The second-order valence-corrected chi connectivity index (χ2v) is 3.20. The number of aromatic nitrogens is 1. The summed E-state index contributed by atoms with van der Waals surface area (Å²) in [7, 11) is 0. The zero-order chi connectivity index (χ0) is 13.9. The van der Waals surface area contributed by atoms with Crippen LogP contribution in [0.25, 0.3) is 0 Å². The van der Waals surface area contributed by atoms with Gasteiger partial charge in [-0.15, -0.1) is 13.2 Å². The molecule has 0 aliphatic carbocycles. The fraction of sp³-hybridized carbons (Fsp3) is 0.444. The largest absolute Gasteiger partial charge is 0.574 e. The number of hydrogen-bond acceptors (Lipinski definition) is 4. The van der Waals surface area contributed by atoms with E-state index in [-0.39, 0.29) is 11.3 Å². The molecule has 3 N–H and O–H groups in total. The highest BCUT2D eigenvalue weighted by molar-refractivity contribution is 5.38. The van der Waals surface area contributed by atoms with Crippen LogP contribution in [0.1, 0.15) is 23.2 Å². The van der Waals surface area contributed by atoms with E-state index >= 15 is 0 Å². The van der Waals surface area contributed by atoms with Gasteiger partial charge in [-0.05, 0) is 11.6 Å². The summed E-state index contributed by atoms with van der Waals surface area (Å²) in [6.07, 6.45) is -8.38. The van der Waals surface area contributed by atoms with E-state index in [0.29, 0.717) is 0 Å². The Labute approximate surface area is 98.2 Å². The summed E-state index contributed by atoms with van der Waals surface area (Å²) in [4.78, 5) is 3.18. The van der Waals surface area contributed by atoms with Gasteiger partial charge in [0.2, 0.25) is 5.88 Å². The van der Waals surface area contributed by atoms with Crippen LogP contribution in [0.4, 0.5) is 22.0 Å². The number of nitrogens with zero attached hydrogens (tertiary/aromatic N) is 1. The predicted octanol–water partition coefficient (Wildman–Crippen LogP) is 1.87. The average molecular weight is 272 g/mol. The van der Waals surface area contributed by atoms with Crippen molar-refractivity contribution < 1.29 is 31.8 Å². The number of rotatable bonds is 4. The van der Waals surface area contributed by atoms with Crippen molar-refractivity contribution in [3.05, 3.63) is 22.9 Å². The number of ether oxygens (including phenoxy) is 1. The minimum atomic E-state index is -5.16. The van der Waals surface area contributed by atoms with Crippen LogP contribution in [-0.4, -0.2) is 16.5 Å². The van der Waals surface area contributed by atoms with E-state index in [0.717, 1.165) is 6.07 Å². The number of nitrogens with two attached hydrogens (primary N) is 1. The van der Waals surface area contributed by atoms with Crippen molar-refractivity contribution in [1.82, 2.24) is 4.98 Å². The molecule has 0 unspecified atom stereocenters. The van der Waals surface area contributed by atoms with Crippen molar-refractivity contribution in [2.45, 2.75) is 25.9 Å². The molecule has 1 heterocycles. The molecule has 0 saturated heterocycles. The molecule has 0 aliphatic heterocycles. The molecule has 0 amide bonds. The molecule has 0 radical (unpaired) electrons. The zero-order valence-corrected chi connectivity index (χ0v) is 8.84. The van der Waals surface area contributed by atoms with Crippen molar-refractivity contribution in [2.24, 2.45) is 5.73 Å². The van der Waals surface area contributed by atoms with Crippen LogP contribution in [0.5, 0.6) is 5.88 Å². The topological polar surface area (TPSA) is 68.4 Å². The first kappa shape index (κ1) is 14.6. The number of halogens is 5. The van der Waals surface area contributed by atoms with Crippen LogP contribution in [0.2, 0.25) is 0 Å². The van der Waals surface area contributed by atoms with E-state index < -0.39 is 37.4 Å². The highest BCUT2D eigenvalue weighted by Crippen LogP contribution is 2.34. The molecule has 1 aromatic heterocycles. The summed E-state index contributed by atoms with van der Waals surface area (Å²) in [5.74, 6) is -1.29. The number of aliphatic hydroxyl groups is 1. The van der Waals surface area contributed by atoms with Gasteiger partial charge in [0.05, 0.1) is 17.9 Å². The molecular formula is C9H9F5N2O2. The molecule has 4 nitrogen and oxygen atoms in total. The predicted molar refractivity (Wildman–Crippen MR) is 49.7 cm³/mol. The molecule has 0 bridgehead atoms. The highest BCUT2D eigenvalue weighted by atomic mass is 19.4. The average Bonchev–Trinajstić information content (AvgIpc) is 2.25. The molecule has 0 fully saturated rings. The summed E-state index contributed by atoms with van der Waals surface area (Å²) in [5, 5.41) is 8.78. The minimum Gasteiger partial charge on any atom is -0.390 e. The van der Waals surface area contributed by atoms with Gasteiger partial charge < -0.3 is 15.6 Å². The summed E-state index contributed by atoms with van der Waals surface area (Å²) >= 11 is 0. The van der Waals surface area contributed by atoms with Crippen LogP contribution in [0.15, 0.2) is 6.07 Å². The monoisotopic (exact) mass is 272 g/mol. The van der Waals surface area contributed by atoms with Crippen molar-refractivity contribution >= 4 is 0 Å². The Morgan fingerprint density at radius 2 is 2.00 bits per heavy atom. The first-order valence-corrected chi connectivity index (χ1v) is 4.66. The number of aliphatic hydroxyl groups excluding tert-OH is 1. The van der Waals surface area contributed by atoms with E-state index in [1.54, 1.807) is 0 Å². The van der Waals surface area contributed by atoms with Gasteiger partial charge in [-0.2, -0.15) is 0 Å². The van der Waals surface area contributed by atoms with Gasteiger partial charge in [0.1, 0.15) is 0 Å². The van der Waals surface area contributed by atoms with Gasteiger partial charge in [-0.1, -0.05) is 0 Å². The molecule has 0 aliphatic rings. The van der Waals surface area contributed by atoms with Crippen molar-refractivity contribution in [3.63, 3.8) is 0 Å². The lowest BCUT2D eigenvalue weighted by atomic mass is 10.1. The normalized spacial score (nSPS) is 12.0. The third-order valence-electron chi connectivity index (χ3n) is 1.97. The maximum atomic E-state index is 12.7. The standard InChI is InChI=1S/C9H9F5N2O2/c10-7(11)6-4(2-15)1-5(3-17)16-8(6)18-9(12,13)14/h1,7,17H,2-3,15H2. The Kier molecular flexibility index (Phi) is 4.41. The highest BCUT2D eigenvalue weighted by Gasteiger charge is 2.35. The third kappa shape index (κ3) is 3.50. The van der Waals surface area contributed by atoms with Crippen LogP contribution in [-0.2, 0) is 13.2 Å². The number of hydrogen-bond donors (Lipinski definition) is 2. The summed E-state index contributed by atoms with van der Waals surface area (Å²) in [6, 6.07) is 1.00. The van der Waals surface area contributed by atoms with E-state index in [4.69, 9.17) is 10.8 Å². The Hall–Kier alpha value is -1.48. The Balaban J connectivity index is 3.34. The lowest BCUT2D eigenvalue weighted by molar-refractivity contribution is -0.276. The maximum absolute atomic E-state index is 12.7. The Morgan fingerprint density at radius 3 is 2.39 bits per heavy atom. The van der Waals surface area contributed by atoms with Crippen molar-refractivity contribution in [3.8, 4) is 5.88 Å². The lowest BCUT2D eigenvalue weighted by Gasteiger charge is -2.15. The van der Waals surface area contributed by atoms with E-state index in [1.807, 2.05) is 0 Å². The first-order valence-electron chi connectivity index (χ1n) is 4.66. The number of pyridine rings is 1. The van der Waals surface area contributed by atoms with E-state index in [1.165, 1.54) is 0 Å².